The highest BCUT2D eigenvalue weighted by Crippen LogP contribution is 2.35. The van der Waals surface area contributed by atoms with Gasteiger partial charge >= 0.3 is 0 Å². The van der Waals surface area contributed by atoms with Gasteiger partial charge in [-0.15, -0.1) is 0 Å². The lowest BCUT2D eigenvalue weighted by Gasteiger charge is -2.29. The summed E-state index contributed by atoms with van der Waals surface area (Å²) in [7, 11) is 0. The second kappa shape index (κ2) is 10.8. The molecule has 0 saturated carbocycles. The fourth-order valence-electron chi connectivity index (χ4n) is 5.13. The molecule has 1 N–H and O–H groups in total. The van der Waals surface area contributed by atoms with E-state index in [2.05, 4.69) is 53.5 Å². The lowest BCUT2D eigenvalue weighted by molar-refractivity contribution is 0.0733. The van der Waals surface area contributed by atoms with Crippen LogP contribution in [-0.4, -0.2) is 53.5 Å². The Kier molecular flexibility index (Phi) is 7.30. The van der Waals surface area contributed by atoms with Crippen LogP contribution in [0.5, 0.6) is 0 Å². The highest BCUT2D eigenvalue weighted by atomic mass is 35.5. The van der Waals surface area contributed by atoms with E-state index in [1.165, 1.54) is 16.7 Å². The van der Waals surface area contributed by atoms with Crippen LogP contribution in [0.1, 0.15) is 51.6 Å². The highest BCUT2D eigenvalue weighted by molar-refractivity contribution is 6.30. The summed E-state index contributed by atoms with van der Waals surface area (Å²) in [6, 6.07) is 16.7. The Balaban J connectivity index is 1.45. The first-order valence-corrected chi connectivity index (χ1v) is 12.9. The van der Waals surface area contributed by atoms with Gasteiger partial charge in [0.1, 0.15) is 0 Å². The second-order valence-electron chi connectivity index (χ2n) is 9.40. The smallest absolute Gasteiger partial charge is 0.257 e. The maximum atomic E-state index is 13.4. The normalized spacial score (nSPS) is 18.2. The van der Waals surface area contributed by atoms with E-state index >= 15 is 0 Å². The van der Waals surface area contributed by atoms with Crippen LogP contribution in [-0.2, 0) is 12.8 Å². The van der Waals surface area contributed by atoms with Crippen LogP contribution in [0, 0.1) is 6.92 Å². The first kappa shape index (κ1) is 23.8. The molecule has 1 unspecified atom stereocenters. The van der Waals surface area contributed by atoms with Gasteiger partial charge in [-0.1, -0.05) is 48.0 Å². The maximum absolute atomic E-state index is 13.4. The third kappa shape index (κ3) is 5.34. The molecule has 2 aliphatic rings. The molecule has 0 bridgehead atoms. The number of rotatable bonds is 6. The van der Waals surface area contributed by atoms with E-state index in [1.807, 2.05) is 17.0 Å². The largest absolute Gasteiger partial charge is 0.336 e. The van der Waals surface area contributed by atoms with E-state index in [1.54, 1.807) is 6.20 Å². The van der Waals surface area contributed by atoms with Crippen LogP contribution in [0.3, 0.4) is 0 Å². The van der Waals surface area contributed by atoms with Crippen molar-refractivity contribution in [1.29, 1.82) is 0 Å². The molecule has 35 heavy (non-hydrogen) atoms. The molecule has 1 atom stereocenters. The number of nitrogens with one attached hydrogen (secondary N) is 1. The molecule has 0 aliphatic carbocycles. The van der Waals surface area contributed by atoms with Gasteiger partial charge in [-0.2, -0.15) is 0 Å². The number of piperazine rings is 1. The van der Waals surface area contributed by atoms with Crippen molar-refractivity contribution in [2.24, 2.45) is 0 Å². The average Bonchev–Trinajstić information content (AvgIpc) is 3.39. The summed E-state index contributed by atoms with van der Waals surface area (Å²) >= 11 is 6.12. The third-order valence-corrected chi connectivity index (χ3v) is 7.40. The van der Waals surface area contributed by atoms with Crippen molar-refractivity contribution in [2.75, 3.05) is 37.6 Å². The van der Waals surface area contributed by atoms with Crippen LogP contribution in [0.4, 0.5) is 5.95 Å². The Bertz CT molecular complexity index is 1180. The van der Waals surface area contributed by atoms with Crippen molar-refractivity contribution in [3.63, 3.8) is 0 Å². The van der Waals surface area contributed by atoms with Crippen LogP contribution >= 0.6 is 11.6 Å². The molecule has 1 amide bonds. The van der Waals surface area contributed by atoms with Crippen molar-refractivity contribution in [2.45, 2.75) is 38.6 Å². The summed E-state index contributed by atoms with van der Waals surface area (Å²) in [5, 5.41) is 4.06. The summed E-state index contributed by atoms with van der Waals surface area (Å²) in [5.41, 5.74) is 5.24. The molecule has 3 heterocycles. The molecule has 6 nitrogen and oxygen atoms in total. The lowest BCUT2D eigenvalue weighted by atomic mass is 10.0. The minimum atomic E-state index is 0.0357. The number of hydrogen-bond donors (Lipinski definition) is 1. The topological polar surface area (TPSA) is 61.4 Å². The third-order valence-electron chi connectivity index (χ3n) is 7.15. The summed E-state index contributed by atoms with van der Waals surface area (Å²) in [5.74, 6) is 0.743. The summed E-state index contributed by atoms with van der Waals surface area (Å²) in [6.45, 7) is 6.09. The Morgan fingerprint density at radius 3 is 2.60 bits per heavy atom. The molecule has 0 radical (unpaired) electrons. The fourth-order valence-corrected chi connectivity index (χ4v) is 5.26. The van der Waals surface area contributed by atoms with Crippen LogP contribution < -0.4 is 10.2 Å². The Labute approximate surface area is 212 Å². The predicted octanol–water partition coefficient (Wildman–Crippen LogP) is 4.61. The molecule has 0 spiro atoms. The van der Waals surface area contributed by atoms with Gasteiger partial charge in [-0.05, 0) is 61.4 Å². The zero-order chi connectivity index (χ0) is 24.2. The number of aryl methyl sites for hydroxylation is 3. The van der Waals surface area contributed by atoms with Gasteiger partial charge in [0.2, 0.25) is 5.95 Å². The number of carbonyl (C=O) groups excluding carboxylic acids is 1. The number of halogens is 1. The van der Waals surface area contributed by atoms with Crippen LogP contribution in [0.25, 0.3) is 0 Å². The van der Waals surface area contributed by atoms with E-state index in [0.717, 1.165) is 49.6 Å². The minimum Gasteiger partial charge on any atom is -0.336 e. The van der Waals surface area contributed by atoms with Gasteiger partial charge in [-0.3, -0.25) is 4.79 Å². The summed E-state index contributed by atoms with van der Waals surface area (Å²) < 4.78 is 0. The summed E-state index contributed by atoms with van der Waals surface area (Å²) in [6.07, 6.45) is 5.43. The maximum Gasteiger partial charge on any atom is 0.257 e. The number of hydrogen-bond acceptors (Lipinski definition) is 5. The van der Waals surface area contributed by atoms with E-state index < -0.39 is 0 Å². The standard InChI is InChI=1S/C28H32ClN5O/c1-20-5-2-3-6-21(20)10-13-25-24(27(35)33-17-14-30-15-18-33)19-31-28(32-25)34-16-4-7-26(34)22-8-11-23(29)12-9-22/h2-3,5-6,8-9,11-12,19,26,30H,4,7,10,13-18H2,1H3. The van der Waals surface area contributed by atoms with Gasteiger partial charge in [0, 0.05) is 43.9 Å². The number of aromatic nitrogens is 2. The molecule has 7 heteroatoms. The van der Waals surface area contributed by atoms with E-state index in [-0.39, 0.29) is 11.9 Å². The fraction of sp³-hybridized carbons (Fsp3) is 0.393. The molecule has 5 rings (SSSR count). The lowest BCUT2D eigenvalue weighted by Crippen LogP contribution is -2.46. The molecule has 1 aromatic heterocycles. The van der Waals surface area contributed by atoms with Gasteiger partial charge in [0.15, 0.2) is 0 Å². The molecular formula is C28H32ClN5O. The predicted molar refractivity (Wildman–Crippen MR) is 140 cm³/mol. The molecular weight excluding hydrogens is 458 g/mol. The molecule has 2 fully saturated rings. The SMILES string of the molecule is Cc1ccccc1CCc1nc(N2CCCC2c2ccc(Cl)cc2)ncc1C(=O)N1CCNCC1. The Hall–Kier alpha value is -2.96. The van der Waals surface area contributed by atoms with E-state index in [9.17, 15) is 4.79 Å². The van der Waals surface area contributed by atoms with Crippen molar-refractivity contribution in [3.05, 3.63) is 87.7 Å². The quantitative estimate of drug-likeness (QED) is 0.548. The first-order chi connectivity index (χ1) is 17.1. The molecule has 2 aromatic carbocycles. The second-order valence-corrected chi connectivity index (χ2v) is 9.84. The van der Waals surface area contributed by atoms with E-state index in [0.29, 0.717) is 31.0 Å². The first-order valence-electron chi connectivity index (χ1n) is 12.5. The number of benzene rings is 2. The monoisotopic (exact) mass is 489 g/mol. The van der Waals surface area contributed by atoms with Crippen molar-refractivity contribution >= 4 is 23.5 Å². The number of nitrogens with zero attached hydrogens (tertiary/aromatic N) is 4. The minimum absolute atomic E-state index is 0.0357. The molecule has 2 aliphatic heterocycles. The Morgan fingerprint density at radius 2 is 1.83 bits per heavy atom. The van der Waals surface area contributed by atoms with Crippen molar-refractivity contribution in [3.8, 4) is 0 Å². The van der Waals surface area contributed by atoms with E-state index in [4.69, 9.17) is 21.6 Å². The van der Waals surface area contributed by atoms with Crippen LogP contribution in [0.2, 0.25) is 5.02 Å². The number of carbonyl (C=O) groups is 1. The Morgan fingerprint density at radius 1 is 1.06 bits per heavy atom. The zero-order valence-electron chi connectivity index (χ0n) is 20.2. The van der Waals surface area contributed by atoms with Crippen molar-refractivity contribution in [1.82, 2.24) is 20.2 Å². The summed E-state index contributed by atoms with van der Waals surface area (Å²) in [4.78, 5) is 27.4. The molecule has 2 saturated heterocycles. The number of anilines is 1. The van der Waals surface area contributed by atoms with Crippen LogP contribution in [0.15, 0.2) is 54.7 Å². The van der Waals surface area contributed by atoms with Crippen molar-refractivity contribution < 1.29 is 4.79 Å². The zero-order valence-corrected chi connectivity index (χ0v) is 21.0. The van der Waals surface area contributed by atoms with Gasteiger partial charge in [-0.25, -0.2) is 9.97 Å². The number of amides is 1. The average molecular weight is 490 g/mol. The highest BCUT2D eigenvalue weighted by Gasteiger charge is 2.30. The molecule has 182 valence electrons. The van der Waals surface area contributed by atoms with Gasteiger partial charge in [0.25, 0.3) is 5.91 Å². The van der Waals surface area contributed by atoms with Gasteiger partial charge in [0.05, 0.1) is 17.3 Å². The molecule has 3 aromatic rings. The van der Waals surface area contributed by atoms with Gasteiger partial charge < -0.3 is 15.1 Å².